The third-order valence-electron chi connectivity index (χ3n) is 4.25. The average Bonchev–Trinajstić information content (AvgIpc) is 2.71. The summed E-state index contributed by atoms with van der Waals surface area (Å²) in [6.07, 6.45) is 0.477. The Kier molecular flexibility index (Phi) is 12.2. The first-order valence-corrected chi connectivity index (χ1v) is 11.1. The van der Waals surface area contributed by atoms with Crippen LogP contribution in [0, 0.1) is 5.92 Å². The molecule has 1 amide bonds. The van der Waals surface area contributed by atoms with Gasteiger partial charge < -0.3 is 20.3 Å². The SMILES string of the molecule is CCNC(=NCC(C)CSc1ccccc1OC)NCCC(=O)N(CC)CC. The second-order valence-electron chi connectivity index (χ2n) is 6.53. The lowest BCUT2D eigenvalue weighted by Gasteiger charge is -2.19. The molecule has 28 heavy (non-hydrogen) atoms. The maximum atomic E-state index is 12.1. The van der Waals surface area contributed by atoms with Gasteiger partial charge in [0.15, 0.2) is 5.96 Å². The van der Waals surface area contributed by atoms with Crippen LogP contribution in [-0.4, -0.2) is 62.4 Å². The fourth-order valence-corrected chi connectivity index (χ4v) is 3.67. The molecule has 0 aromatic heterocycles. The van der Waals surface area contributed by atoms with Gasteiger partial charge in [0, 0.05) is 49.8 Å². The smallest absolute Gasteiger partial charge is 0.224 e. The lowest BCUT2D eigenvalue weighted by molar-refractivity contribution is -0.130. The van der Waals surface area contributed by atoms with Gasteiger partial charge in [-0.1, -0.05) is 19.1 Å². The Morgan fingerprint density at radius 1 is 1.21 bits per heavy atom. The zero-order valence-electron chi connectivity index (χ0n) is 18.0. The average molecular weight is 409 g/mol. The van der Waals surface area contributed by atoms with Crippen molar-refractivity contribution in [2.75, 3.05) is 45.6 Å². The van der Waals surface area contributed by atoms with Crippen molar-refractivity contribution in [2.45, 2.75) is 39.0 Å². The highest BCUT2D eigenvalue weighted by molar-refractivity contribution is 7.99. The van der Waals surface area contributed by atoms with Crippen LogP contribution in [0.3, 0.4) is 0 Å². The number of amides is 1. The van der Waals surface area contributed by atoms with Gasteiger partial charge in [0.1, 0.15) is 5.75 Å². The summed E-state index contributed by atoms with van der Waals surface area (Å²) < 4.78 is 5.40. The molecule has 0 spiro atoms. The van der Waals surface area contributed by atoms with Crippen LogP contribution in [0.1, 0.15) is 34.1 Å². The number of hydrogen-bond donors (Lipinski definition) is 2. The van der Waals surface area contributed by atoms with E-state index in [2.05, 4.69) is 28.6 Å². The lowest BCUT2D eigenvalue weighted by Crippen LogP contribution is -2.40. The Bertz CT molecular complexity index is 606. The van der Waals surface area contributed by atoms with Gasteiger partial charge in [-0.2, -0.15) is 0 Å². The van der Waals surface area contributed by atoms with Crippen molar-refractivity contribution >= 4 is 23.6 Å². The molecule has 0 radical (unpaired) electrons. The van der Waals surface area contributed by atoms with Crippen molar-refractivity contribution < 1.29 is 9.53 Å². The second-order valence-corrected chi connectivity index (χ2v) is 7.59. The lowest BCUT2D eigenvalue weighted by atomic mass is 10.2. The van der Waals surface area contributed by atoms with Crippen LogP contribution in [0.15, 0.2) is 34.2 Å². The molecule has 0 fully saturated rings. The summed E-state index contributed by atoms with van der Waals surface area (Å²) in [4.78, 5) is 19.8. The third kappa shape index (κ3) is 8.87. The van der Waals surface area contributed by atoms with Gasteiger partial charge in [0.25, 0.3) is 0 Å². The molecule has 1 aromatic carbocycles. The summed E-state index contributed by atoms with van der Waals surface area (Å²) in [5.41, 5.74) is 0. The van der Waals surface area contributed by atoms with E-state index in [9.17, 15) is 4.79 Å². The van der Waals surface area contributed by atoms with Gasteiger partial charge in [-0.25, -0.2) is 0 Å². The summed E-state index contributed by atoms with van der Waals surface area (Å²) in [6, 6.07) is 8.08. The zero-order valence-corrected chi connectivity index (χ0v) is 18.8. The maximum absolute atomic E-state index is 12.1. The van der Waals surface area contributed by atoms with Crippen molar-refractivity contribution in [3.05, 3.63) is 24.3 Å². The molecule has 0 saturated heterocycles. The summed E-state index contributed by atoms with van der Waals surface area (Å²) >= 11 is 1.79. The van der Waals surface area contributed by atoms with Gasteiger partial charge in [-0.05, 0) is 38.8 Å². The van der Waals surface area contributed by atoms with Crippen LogP contribution in [0.2, 0.25) is 0 Å². The molecule has 0 aliphatic rings. The van der Waals surface area contributed by atoms with Crippen LogP contribution >= 0.6 is 11.8 Å². The van der Waals surface area contributed by atoms with Crippen LogP contribution in [-0.2, 0) is 4.79 Å². The number of thioether (sulfide) groups is 1. The maximum Gasteiger partial charge on any atom is 0.224 e. The van der Waals surface area contributed by atoms with Gasteiger partial charge in [-0.15, -0.1) is 11.8 Å². The third-order valence-corrected chi connectivity index (χ3v) is 5.63. The minimum atomic E-state index is 0.176. The van der Waals surface area contributed by atoms with E-state index >= 15 is 0 Å². The van der Waals surface area contributed by atoms with Gasteiger partial charge in [0.2, 0.25) is 5.91 Å². The Morgan fingerprint density at radius 2 is 1.93 bits per heavy atom. The molecular weight excluding hydrogens is 372 g/mol. The molecule has 0 aliphatic heterocycles. The first-order valence-electron chi connectivity index (χ1n) is 10.1. The number of carbonyl (C=O) groups is 1. The molecule has 2 N–H and O–H groups in total. The molecule has 0 bridgehead atoms. The topological polar surface area (TPSA) is 66.0 Å². The molecule has 1 atom stereocenters. The van der Waals surface area contributed by atoms with E-state index in [-0.39, 0.29) is 5.91 Å². The minimum Gasteiger partial charge on any atom is -0.496 e. The predicted octanol–water partition coefficient (Wildman–Crippen LogP) is 3.24. The molecule has 1 rings (SSSR count). The van der Waals surface area contributed by atoms with E-state index in [1.807, 2.05) is 43.9 Å². The molecule has 1 aromatic rings. The highest BCUT2D eigenvalue weighted by Gasteiger charge is 2.10. The Morgan fingerprint density at radius 3 is 2.57 bits per heavy atom. The van der Waals surface area contributed by atoms with Crippen LogP contribution in [0.25, 0.3) is 0 Å². The highest BCUT2D eigenvalue weighted by Crippen LogP contribution is 2.29. The molecule has 6 nitrogen and oxygen atoms in total. The standard InChI is InChI=1S/C21H36N4O2S/c1-6-22-21(23-14-13-20(26)25(7-2)8-3)24-15-17(4)16-28-19-12-10-9-11-18(19)27-5/h9-12,17H,6-8,13-16H2,1-5H3,(H2,22,23,24). The van der Waals surface area contributed by atoms with Crippen molar-refractivity contribution in [3.8, 4) is 5.75 Å². The van der Waals surface area contributed by atoms with E-state index in [0.717, 1.165) is 48.5 Å². The number of guanidine groups is 1. The number of aliphatic imine (C=N–C) groups is 1. The fraction of sp³-hybridized carbons (Fsp3) is 0.619. The fourth-order valence-electron chi connectivity index (χ4n) is 2.63. The Labute approximate surface area is 174 Å². The number of para-hydroxylation sites is 1. The largest absolute Gasteiger partial charge is 0.496 e. The summed E-state index contributed by atoms with van der Waals surface area (Å²) in [5, 5.41) is 6.51. The van der Waals surface area contributed by atoms with Crippen molar-refractivity contribution in [2.24, 2.45) is 10.9 Å². The second kappa shape index (κ2) is 14.2. The van der Waals surface area contributed by atoms with Crippen molar-refractivity contribution in [3.63, 3.8) is 0 Å². The quantitative estimate of drug-likeness (QED) is 0.316. The Balaban J connectivity index is 2.46. The molecule has 0 heterocycles. The Hall–Kier alpha value is -1.89. The van der Waals surface area contributed by atoms with Crippen LogP contribution in [0.4, 0.5) is 0 Å². The number of nitrogens with one attached hydrogen (secondary N) is 2. The number of ether oxygens (including phenoxy) is 1. The number of rotatable bonds is 12. The first kappa shape index (κ1) is 24.1. The van der Waals surface area contributed by atoms with Gasteiger partial charge in [0.05, 0.1) is 7.11 Å². The summed E-state index contributed by atoms with van der Waals surface area (Å²) in [5.74, 6) is 3.24. The highest BCUT2D eigenvalue weighted by atomic mass is 32.2. The zero-order chi connectivity index (χ0) is 20.8. The van der Waals surface area contributed by atoms with E-state index in [4.69, 9.17) is 4.74 Å². The molecule has 0 aliphatic carbocycles. The van der Waals surface area contributed by atoms with Gasteiger partial charge in [-0.3, -0.25) is 9.79 Å². The molecular formula is C21H36N4O2S. The van der Waals surface area contributed by atoms with E-state index < -0.39 is 0 Å². The molecule has 158 valence electrons. The molecule has 7 heteroatoms. The van der Waals surface area contributed by atoms with Crippen molar-refractivity contribution in [1.82, 2.24) is 15.5 Å². The minimum absolute atomic E-state index is 0.176. The van der Waals surface area contributed by atoms with E-state index in [0.29, 0.717) is 18.9 Å². The van der Waals surface area contributed by atoms with Crippen LogP contribution in [0.5, 0.6) is 5.75 Å². The number of carbonyl (C=O) groups excluding carboxylic acids is 1. The molecule has 1 unspecified atom stereocenters. The van der Waals surface area contributed by atoms with Crippen molar-refractivity contribution in [1.29, 1.82) is 0 Å². The predicted molar refractivity (Wildman–Crippen MR) is 119 cm³/mol. The summed E-state index contributed by atoms with van der Waals surface area (Å²) in [6.45, 7) is 11.9. The van der Waals surface area contributed by atoms with E-state index in [1.54, 1.807) is 18.9 Å². The first-order chi connectivity index (χ1) is 13.5. The molecule has 0 saturated carbocycles. The number of hydrogen-bond acceptors (Lipinski definition) is 4. The summed E-state index contributed by atoms with van der Waals surface area (Å²) in [7, 11) is 1.70. The number of methoxy groups -OCH3 is 1. The van der Waals surface area contributed by atoms with E-state index in [1.165, 1.54) is 0 Å². The number of benzene rings is 1. The monoisotopic (exact) mass is 408 g/mol. The van der Waals surface area contributed by atoms with Gasteiger partial charge >= 0.3 is 0 Å². The number of nitrogens with zero attached hydrogens (tertiary/aromatic N) is 2. The normalized spacial score (nSPS) is 12.4. The van der Waals surface area contributed by atoms with Crippen LogP contribution < -0.4 is 15.4 Å².